The fourth-order valence-corrected chi connectivity index (χ4v) is 3.47. The van der Waals surface area contributed by atoms with Crippen LogP contribution in [0.2, 0.25) is 0 Å². The van der Waals surface area contributed by atoms with Crippen molar-refractivity contribution in [3.63, 3.8) is 0 Å². The predicted octanol–water partition coefficient (Wildman–Crippen LogP) is 2.55. The summed E-state index contributed by atoms with van der Waals surface area (Å²) in [5.41, 5.74) is 1.92. The Morgan fingerprint density at radius 2 is 2.09 bits per heavy atom. The molecule has 1 N–H and O–H groups in total. The molecule has 122 valence electrons. The summed E-state index contributed by atoms with van der Waals surface area (Å²) < 4.78 is 2.02. The monoisotopic (exact) mass is 304 g/mol. The van der Waals surface area contributed by atoms with E-state index in [0.29, 0.717) is 24.0 Å². The number of likely N-dealkylation sites (N-methyl/N-ethyl adjacent to an activating group) is 1. The minimum Gasteiger partial charge on any atom is -0.350 e. The molecule has 2 fully saturated rings. The van der Waals surface area contributed by atoms with E-state index in [4.69, 9.17) is 0 Å². The van der Waals surface area contributed by atoms with Crippen LogP contribution in [0.1, 0.15) is 74.5 Å². The summed E-state index contributed by atoms with van der Waals surface area (Å²) in [6.07, 6.45) is 6.50. The van der Waals surface area contributed by atoms with Crippen LogP contribution in [0.4, 0.5) is 0 Å². The van der Waals surface area contributed by atoms with Gasteiger partial charge in [0, 0.05) is 30.6 Å². The SMILES string of the molecule is CC(C)n1ncc(C(=O)NC[C@@H]2CC[C@H](C)N2C)c1C1CC1. The van der Waals surface area contributed by atoms with Gasteiger partial charge in [-0.25, -0.2) is 0 Å². The minimum absolute atomic E-state index is 0.0433. The van der Waals surface area contributed by atoms with E-state index in [9.17, 15) is 4.79 Å². The van der Waals surface area contributed by atoms with Crippen molar-refractivity contribution in [2.45, 2.75) is 70.5 Å². The number of nitrogens with one attached hydrogen (secondary N) is 1. The van der Waals surface area contributed by atoms with E-state index >= 15 is 0 Å². The van der Waals surface area contributed by atoms with Crippen LogP contribution in [-0.4, -0.2) is 46.3 Å². The van der Waals surface area contributed by atoms with Gasteiger partial charge in [0.1, 0.15) is 0 Å². The lowest BCUT2D eigenvalue weighted by molar-refractivity contribution is 0.0940. The van der Waals surface area contributed by atoms with Crippen molar-refractivity contribution in [2.75, 3.05) is 13.6 Å². The minimum atomic E-state index is 0.0433. The van der Waals surface area contributed by atoms with Crippen LogP contribution in [0.3, 0.4) is 0 Å². The molecule has 3 rings (SSSR count). The van der Waals surface area contributed by atoms with Crippen molar-refractivity contribution in [2.24, 2.45) is 0 Å². The molecule has 5 nitrogen and oxygen atoms in total. The van der Waals surface area contributed by atoms with Gasteiger partial charge < -0.3 is 5.32 Å². The predicted molar refractivity (Wildman–Crippen MR) is 87.2 cm³/mol. The number of rotatable bonds is 5. The standard InChI is InChI=1S/C17H28N4O/c1-11(2)21-16(13-6-7-13)15(10-19-21)17(22)18-9-14-8-5-12(3)20(14)4/h10-14H,5-9H2,1-4H3,(H,18,22)/t12-,14-/m0/s1. The molecule has 2 atom stereocenters. The van der Waals surface area contributed by atoms with Crippen LogP contribution in [0.5, 0.6) is 0 Å². The molecule has 2 aliphatic rings. The Morgan fingerprint density at radius 3 is 2.64 bits per heavy atom. The first kappa shape index (κ1) is 15.5. The number of hydrogen-bond donors (Lipinski definition) is 1. The first-order chi connectivity index (χ1) is 10.5. The third kappa shape index (κ3) is 2.91. The second-order valence-electron chi connectivity index (χ2n) is 7.21. The van der Waals surface area contributed by atoms with Crippen LogP contribution in [-0.2, 0) is 0 Å². The van der Waals surface area contributed by atoms with Gasteiger partial charge in [-0.15, -0.1) is 0 Å². The Balaban J connectivity index is 1.68. The van der Waals surface area contributed by atoms with Crippen molar-refractivity contribution >= 4 is 5.91 Å². The molecule has 1 aliphatic carbocycles. The van der Waals surface area contributed by atoms with Gasteiger partial charge in [-0.3, -0.25) is 14.4 Å². The van der Waals surface area contributed by atoms with Gasteiger partial charge in [0.15, 0.2) is 0 Å². The maximum absolute atomic E-state index is 12.6. The highest BCUT2D eigenvalue weighted by molar-refractivity contribution is 5.95. The molecular formula is C17H28N4O. The lowest BCUT2D eigenvalue weighted by atomic mass is 10.1. The molecule has 0 aromatic carbocycles. The van der Waals surface area contributed by atoms with E-state index in [1.807, 2.05) is 4.68 Å². The fourth-order valence-electron chi connectivity index (χ4n) is 3.47. The maximum Gasteiger partial charge on any atom is 0.254 e. The number of likely N-dealkylation sites (tertiary alicyclic amines) is 1. The zero-order valence-electron chi connectivity index (χ0n) is 14.2. The molecular weight excluding hydrogens is 276 g/mol. The summed E-state index contributed by atoms with van der Waals surface area (Å²) in [4.78, 5) is 15.0. The highest BCUT2D eigenvalue weighted by Gasteiger charge is 2.33. The molecule has 0 unspecified atom stereocenters. The third-order valence-corrected chi connectivity index (χ3v) is 5.22. The molecule has 5 heteroatoms. The summed E-state index contributed by atoms with van der Waals surface area (Å²) in [6, 6.07) is 1.38. The van der Waals surface area contributed by atoms with Gasteiger partial charge in [0.2, 0.25) is 0 Å². The van der Waals surface area contributed by atoms with Gasteiger partial charge >= 0.3 is 0 Å². The Labute approximate surface area is 133 Å². The highest BCUT2D eigenvalue weighted by Crippen LogP contribution is 2.42. The summed E-state index contributed by atoms with van der Waals surface area (Å²) >= 11 is 0. The van der Waals surface area contributed by atoms with Crippen molar-refractivity contribution in [3.8, 4) is 0 Å². The van der Waals surface area contributed by atoms with Gasteiger partial charge in [0.25, 0.3) is 5.91 Å². The second kappa shape index (κ2) is 6.03. The summed E-state index contributed by atoms with van der Waals surface area (Å²) in [6.45, 7) is 7.22. The van der Waals surface area contributed by atoms with Crippen LogP contribution in [0.25, 0.3) is 0 Å². The molecule has 1 amide bonds. The van der Waals surface area contributed by atoms with E-state index in [1.165, 1.54) is 25.7 Å². The summed E-state index contributed by atoms with van der Waals surface area (Å²) in [7, 11) is 2.15. The number of carbonyl (C=O) groups excluding carboxylic acids is 1. The molecule has 0 radical (unpaired) electrons. The Kier molecular flexibility index (Phi) is 4.26. The van der Waals surface area contributed by atoms with Crippen LogP contribution < -0.4 is 5.32 Å². The fraction of sp³-hybridized carbons (Fsp3) is 0.765. The average Bonchev–Trinajstić information content (AvgIpc) is 3.14. The summed E-state index contributed by atoms with van der Waals surface area (Å²) in [5.74, 6) is 0.571. The van der Waals surface area contributed by atoms with Crippen molar-refractivity contribution in [1.82, 2.24) is 20.0 Å². The third-order valence-electron chi connectivity index (χ3n) is 5.22. The zero-order valence-corrected chi connectivity index (χ0v) is 14.2. The number of amides is 1. The normalized spacial score (nSPS) is 25.9. The van der Waals surface area contributed by atoms with Gasteiger partial charge in [-0.1, -0.05) is 0 Å². The van der Waals surface area contributed by atoms with Crippen LogP contribution >= 0.6 is 0 Å². The lowest BCUT2D eigenvalue weighted by Crippen LogP contribution is -2.40. The molecule has 0 spiro atoms. The molecule has 0 bridgehead atoms. The Morgan fingerprint density at radius 1 is 1.36 bits per heavy atom. The Bertz CT molecular complexity index is 547. The van der Waals surface area contributed by atoms with E-state index in [2.05, 4.69) is 43.1 Å². The number of nitrogens with zero attached hydrogens (tertiary/aromatic N) is 3. The van der Waals surface area contributed by atoms with Crippen molar-refractivity contribution in [1.29, 1.82) is 0 Å². The first-order valence-electron chi connectivity index (χ1n) is 8.56. The molecule has 2 heterocycles. The van der Waals surface area contributed by atoms with Crippen molar-refractivity contribution in [3.05, 3.63) is 17.5 Å². The number of hydrogen-bond acceptors (Lipinski definition) is 3. The zero-order chi connectivity index (χ0) is 15.9. The van der Waals surface area contributed by atoms with Crippen LogP contribution in [0.15, 0.2) is 6.20 Å². The molecule has 1 saturated heterocycles. The maximum atomic E-state index is 12.6. The van der Waals surface area contributed by atoms with Gasteiger partial charge in [0.05, 0.1) is 17.5 Å². The molecule has 1 aromatic heterocycles. The molecule has 1 aromatic rings. The quantitative estimate of drug-likeness (QED) is 0.909. The Hall–Kier alpha value is -1.36. The molecule has 22 heavy (non-hydrogen) atoms. The van der Waals surface area contributed by atoms with Gasteiger partial charge in [-0.05, 0) is 53.5 Å². The average molecular weight is 304 g/mol. The number of aromatic nitrogens is 2. The van der Waals surface area contributed by atoms with E-state index < -0.39 is 0 Å². The first-order valence-corrected chi connectivity index (χ1v) is 8.56. The van der Waals surface area contributed by atoms with E-state index in [1.54, 1.807) is 6.20 Å². The molecule has 1 aliphatic heterocycles. The largest absolute Gasteiger partial charge is 0.350 e. The van der Waals surface area contributed by atoms with Gasteiger partial charge in [-0.2, -0.15) is 5.10 Å². The van der Waals surface area contributed by atoms with E-state index in [0.717, 1.165) is 17.8 Å². The number of carbonyl (C=O) groups is 1. The lowest BCUT2D eigenvalue weighted by Gasteiger charge is -2.23. The molecule has 1 saturated carbocycles. The van der Waals surface area contributed by atoms with Crippen LogP contribution in [0, 0.1) is 0 Å². The smallest absolute Gasteiger partial charge is 0.254 e. The summed E-state index contributed by atoms with van der Waals surface area (Å²) in [5, 5.41) is 7.58. The second-order valence-corrected chi connectivity index (χ2v) is 7.21. The van der Waals surface area contributed by atoms with E-state index in [-0.39, 0.29) is 5.91 Å². The topological polar surface area (TPSA) is 50.2 Å². The highest BCUT2D eigenvalue weighted by atomic mass is 16.1. The van der Waals surface area contributed by atoms with Crippen molar-refractivity contribution < 1.29 is 4.79 Å².